The van der Waals surface area contributed by atoms with Crippen LogP contribution in [0.4, 0.5) is 0 Å². The monoisotopic (exact) mass is 381 g/mol. The van der Waals surface area contributed by atoms with Crippen LogP contribution in [0, 0.1) is 0 Å². The topological polar surface area (TPSA) is 63.5 Å². The van der Waals surface area contributed by atoms with Crippen molar-refractivity contribution in [1.29, 1.82) is 0 Å². The number of nitrogens with zero attached hydrogens (tertiary/aromatic N) is 5. The lowest BCUT2D eigenvalue weighted by Gasteiger charge is -2.30. The molecule has 2 aliphatic rings. The first kappa shape index (κ1) is 18.8. The summed E-state index contributed by atoms with van der Waals surface area (Å²) >= 11 is 0. The number of piperidine rings is 1. The molecule has 0 atom stereocenters. The predicted octanol–water partition coefficient (Wildman–Crippen LogP) is 2.10. The second kappa shape index (κ2) is 9.12. The van der Waals surface area contributed by atoms with Crippen LogP contribution in [0.2, 0.25) is 0 Å². The summed E-state index contributed by atoms with van der Waals surface area (Å²) in [6.45, 7) is 5.45. The molecule has 1 aromatic heterocycles. The zero-order valence-corrected chi connectivity index (χ0v) is 16.1. The molecule has 0 bridgehead atoms. The van der Waals surface area contributed by atoms with Crippen molar-refractivity contribution in [2.75, 3.05) is 45.9 Å². The molecule has 0 spiro atoms. The van der Waals surface area contributed by atoms with E-state index >= 15 is 0 Å². The molecule has 2 aliphatic heterocycles. The quantitative estimate of drug-likeness (QED) is 0.794. The minimum Gasteiger partial charge on any atom is -0.378 e. The van der Waals surface area contributed by atoms with E-state index in [1.165, 1.54) is 5.56 Å². The van der Waals surface area contributed by atoms with Gasteiger partial charge < -0.3 is 9.64 Å². The van der Waals surface area contributed by atoms with Crippen molar-refractivity contribution in [2.24, 2.45) is 0 Å². The molecule has 2 fully saturated rings. The van der Waals surface area contributed by atoms with Gasteiger partial charge in [0, 0.05) is 32.7 Å². The number of carbonyl (C=O) groups is 1. The Labute approximate surface area is 165 Å². The second-order valence-corrected chi connectivity index (χ2v) is 7.33. The van der Waals surface area contributed by atoms with Gasteiger partial charge in [-0.25, -0.2) is 4.68 Å². The molecule has 0 aliphatic carbocycles. The molecule has 2 aromatic rings. The smallest absolute Gasteiger partial charge is 0.276 e. The number of likely N-dealkylation sites (tertiary alicyclic amines) is 1. The Hall–Kier alpha value is -2.51. The number of hydrogen-bond acceptors (Lipinski definition) is 5. The van der Waals surface area contributed by atoms with Crippen molar-refractivity contribution in [3.8, 4) is 0 Å². The van der Waals surface area contributed by atoms with E-state index < -0.39 is 0 Å². The highest BCUT2D eigenvalue weighted by Crippen LogP contribution is 2.22. The van der Waals surface area contributed by atoms with Gasteiger partial charge >= 0.3 is 0 Å². The number of benzene rings is 1. The standard InChI is InChI=1S/C21H27N5O2/c27-21(25-13-15-28-16-14-25)20-17-26(23-22-20)19-8-11-24(12-9-19)10-4-7-18-5-2-1-3-6-18/h1-7,17,19H,8-16H2/b7-4+. The molecule has 0 radical (unpaired) electrons. The Morgan fingerprint density at radius 2 is 1.86 bits per heavy atom. The molecule has 3 heterocycles. The van der Waals surface area contributed by atoms with E-state index in [1.54, 1.807) is 4.90 Å². The van der Waals surface area contributed by atoms with Crippen molar-refractivity contribution in [3.63, 3.8) is 0 Å². The maximum Gasteiger partial charge on any atom is 0.276 e. The SMILES string of the molecule is O=C(c1cn(C2CCN(C/C=C/c3ccccc3)CC2)nn1)N1CCOCC1. The van der Waals surface area contributed by atoms with Crippen LogP contribution in [-0.2, 0) is 4.74 Å². The van der Waals surface area contributed by atoms with E-state index in [1.807, 2.05) is 16.9 Å². The van der Waals surface area contributed by atoms with E-state index in [4.69, 9.17) is 4.74 Å². The van der Waals surface area contributed by atoms with Crippen LogP contribution in [-0.4, -0.2) is 76.6 Å². The molecule has 1 aromatic carbocycles. The number of amides is 1. The fourth-order valence-electron chi connectivity index (χ4n) is 3.75. The highest BCUT2D eigenvalue weighted by Gasteiger charge is 2.25. The summed E-state index contributed by atoms with van der Waals surface area (Å²) in [5.74, 6) is -0.0435. The van der Waals surface area contributed by atoms with E-state index in [9.17, 15) is 4.79 Å². The summed E-state index contributed by atoms with van der Waals surface area (Å²) < 4.78 is 7.18. The van der Waals surface area contributed by atoms with Gasteiger partial charge in [-0.15, -0.1) is 5.10 Å². The van der Waals surface area contributed by atoms with E-state index in [0.29, 0.717) is 38.0 Å². The molecule has 0 unspecified atom stereocenters. The third kappa shape index (κ3) is 4.66. The Kier molecular flexibility index (Phi) is 6.14. The summed E-state index contributed by atoms with van der Waals surface area (Å²) in [4.78, 5) is 16.8. The van der Waals surface area contributed by atoms with Gasteiger partial charge in [0.2, 0.25) is 0 Å². The van der Waals surface area contributed by atoms with Gasteiger partial charge in [-0.1, -0.05) is 47.7 Å². The van der Waals surface area contributed by atoms with Gasteiger partial charge in [-0.05, 0) is 18.4 Å². The number of carbonyl (C=O) groups excluding carboxylic acids is 1. The molecule has 148 valence electrons. The van der Waals surface area contributed by atoms with Crippen molar-refractivity contribution in [1.82, 2.24) is 24.8 Å². The van der Waals surface area contributed by atoms with Gasteiger partial charge in [-0.3, -0.25) is 9.69 Å². The van der Waals surface area contributed by atoms with Crippen molar-refractivity contribution < 1.29 is 9.53 Å². The highest BCUT2D eigenvalue weighted by molar-refractivity contribution is 5.92. The summed E-state index contributed by atoms with van der Waals surface area (Å²) in [6.07, 6.45) is 8.26. The van der Waals surface area contributed by atoms with Gasteiger partial charge in [0.15, 0.2) is 5.69 Å². The Balaban J connectivity index is 1.26. The van der Waals surface area contributed by atoms with Crippen LogP contribution < -0.4 is 0 Å². The minimum absolute atomic E-state index is 0.0435. The normalized spacial score (nSPS) is 19.4. The van der Waals surface area contributed by atoms with Gasteiger partial charge in [0.25, 0.3) is 5.91 Å². The van der Waals surface area contributed by atoms with Crippen LogP contribution in [0.25, 0.3) is 6.08 Å². The maximum atomic E-state index is 12.5. The van der Waals surface area contributed by atoms with Crippen LogP contribution in [0.3, 0.4) is 0 Å². The molecule has 0 saturated carbocycles. The molecule has 0 N–H and O–H groups in total. The first-order valence-corrected chi connectivity index (χ1v) is 10.0. The summed E-state index contributed by atoms with van der Waals surface area (Å²) in [5, 5.41) is 8.36. The number of ether oxygens (including phenoxy) is 1. The predicted molar refractivity (Wildman–Crippen MR) is 107 cm³/mol. The van der Waals surface area contributed by atoms with E-state index in [2.05, 4.69) is 51.6 Å². The largest absolute Gasteiger partial charge is 0.378 e. The average molecular weight is 381 g/mol. The number of morpholine rings is 1. The molecule has 4 rings (SSSR count). The van der Waals surface area contributed by atoms with Gasteiger partial charge in [0.05, 0.1) is 25.5 Å². The third-order valence-electron chi connectivity index (χ3n) is 5.43. The number of aromatic nitrogens is 3. The van der Waals surface area contributed by atoms with Crippen LogP contribution >= 0.6 is 0 Å². The molecule has 1 amide bonds. The fraction of sp³-hybridized carbons (Fsp3) is 0.476. The van der Waals surface area contributed by atoms with Crippen LogP contribution in [0.15, 0.2) is 42.6 Å². The zero-order chi connectivity index (χ0) is 19.2. The molecule has 2 saturated heterocycles. The number of rotatable bonds is 5. The first-order chi connectivity index (χ1) is 13.8. The van der Waals surface area contributed by atoms with Crippen molar-refractivity contribution >= 4 is 12.0 Å². The summed E-state index contributed by atoms with van der Waals surface area (Å²) in [6, 6.07) is 10.7. The van der Waals surface area contributed by atoms with Crippen molar-refractivity contribution in [2.45, 2.75) is 18.9 Å². The maximum absolute atomic E-state index is 12.5. The molecule has 7 heteroatoms. The molecule has 28 heavy (non-hydrogen) atoms. The third-order valence-corrected chi connectivity index (χ3v) is 5.43. The molecule has 7 nitrogen and oxygen atoms in total. The van der Waals surface area contributed by atoms with Crippen LogP contribution in [0.1, 0.15) is 34.9 Å². The molecular formula is C21H27N5O2. The van der Waals surface area contributed by atoms with E-state index in [0.717, 1.165) is 32.5 Å². The lowest BCUT2D eigenvalue weighted by atomic mass is 10.1. The lowest BCUT2D eigenvalue weighted by Crippen LogP contribution is -2.40. The molecular weight excluding hydrogens is 354 g/mol. The summed E-state index contributed by atoms with van der Waals surface area (Å²) in [7, 11) is 0. The minimum atomic E-state index is -0.0435. The lowest BCUT2D eigenvalue weighted by molar-refractivity contribution is 0.0299. The summed E-state index contributed by atoms with van der Waals surface area (Å²) in [5.41, 5.74) is 1.67. The fourth-order valence-corrected chi connectivity index (χ4v) is 3.75. The highest BCUT2D eigenvalue weighted by atomic mass is 16.5. The Bertz CT molecular complexity index is 790. The number of hydrogen-bond donors (Lipinski definition) is 0. The van der Waals surface area contributed by atoms with Gasteiger partial charge in [-0.2, -0.15) is 0 Å². The average Bonchev–Trinajstić information content (AvgIpc) is 3.25. The van der Waals surface area contributed by atoms with Gasteiger partial charge in [0.1, 0.15) is 0 Å². The zero-order valence-electron chi connectivity index (χ0n) is 16.1. The Morgan fingerprint density at radius 1 is 1.11 bits per heavy atom. The van der Waals surface area contributed by atoms with E-state index in [-0.39, 0.29) is 5.91 Å². The first-order valence-electron chi connectivity index (χ1n) is 10.0. The second-order valence-electron chi connectivity index (χ2n) is 7.33. The van der Waals surface area contributed by atoms with Crippen LogP contribution in [0.5, 0.6) is 0 Å². The Morgan fingerprint density at radius 3 is 2.61 bits per heavy atom. The van der Waals surface area contributed by atoms with Crippen molar-refractivity contribution in [3.05, 3.63) is 53.9 Å².